The monoisotopic (exact) mass is 261 g/mol. The zero-order chi connectivity index (χ0) is 12.0. The summed E-state index contributed by atoms with van der Waals surface area (Å²) in [6.45, 7) is 4.64. The molecule has 1 rings (SSSR count). The van der Waals surface area contributed by atoms with Gasteiger partial charge in [-0.2, -0.15) is 0 Å². The van der Waals surface area contributed by atoms with Crippen molar-refractivity contribution in [3.8, 4) is 0 Å². The summed E-state index contributed by atoms with van der Waals surface area (Å²) in [4.78, 5) is 0. The number of rotatable bonds is 6. The predicted octanol–water partition coefficient (Wildman–Crippen LogP) is 3.37. The van der Waals surface area contributed by atoms with Gasteiger partial charge in [-0.25, -0.2) is 0 Å². The van der Waals surface area contributed by atoms with E-state index in [1.165, 1.54) is 0 Å². The van der Waals surface area contributed by atoms with E-state index in [1.807, 2.05) is 18.2 Å². The molecule has 0 aliphatic heterocycles. The Morgan fingerprint density at radius 1 is 1.31 bits per heavy atom. The minimum atomic E-state index is 0.507. The highest BCUT2D eigenvalue weighted by Gasteiger charge is 2.02. The molecule has 1 unspecified atom stereocenters. The summed E-state index contributed by atoms with van der Waals surface area (Å²) in [5, 5.41) is 4.55. The highest BCUT2D eigenvalue weighted by Crippen LogP contribution is 2.22. The molecule has 0 aromatic heterocycles. The van der Waals surface area contributed by atoms with Gasteiger partial charge in [-0.1, -0.05) is 36.2 Å². The van der Waals surface area contributed by atoms with E-state index >= 15 is 0 Å². The molecule has 1 aromatic carbocycles. The average molecular weight is 262 g/mol. The molecule has 0 bridgehead atoms. The van der Waals surface area contributed by atoms with Gasteiger partial charge in [0.25, 0.3) is 0 Å². The summed E-state index contributed by atoms with van der Waals surface area (Å²) in [7, 11) is 1.72. The fourth-order valence-corrected chi connectivity index (χ4v) is 1.78. The minimum absolute atomic E-state index is 0.507. The van der Waals surface area contributed by atoms with Crippen LogP contribution in [0.15, 0.2) is 18.2 Å². The number of ether oxygens (including phenoxy) is 1. The summed E-state index contributed by atoms with van der Waals surface area (Å²) in [5.41, 5.74) is 1.14. The molecule has 0 spiro atoms. The van der Waals surface area contributed by atoms with Crippen LogP contribution >= 0.6 is 23.2 Å². The van der Waals surface area contributed by atoms with Gasteiger partial charge in [0.15, 0.2) is 0 Å². The number of benzene rings is 1. The van der Waals surface area contributed by atoms with Crippen molar-refractivity contribution in [1.29, 1.82) is 0 Å². The van der Waals surface area contributed by atoms with Crippen LogP contribution < -0.4 is 5.32 Å². The maximum atomic E-state index is 5.93. The van der Waals surface area contributed by atoms with Crippen LogP contribution in [0, 0.1) is 5.92 Å². The van der Waals surface area contributed by atoms with E-state index < -0.39 is 0 Å². The van der Waals surface area contributed by atoms with Gasteiger partial charge in [0.2, 0.25) is 0 Å². The molecule has 0 saturated carbocycles. The molecule has 0 fully saturated rings. The first kappa shape index (κ1) is 13.8. The number of nitrogens with one attached hydrogen (secondary N) is 1. The van der Waals surface area contributed by atoms with Crippen molar-refractivity contribution in [3.63, 3.8) is 0 Å². The third-order valence-corrected chi connectivity index (χ3v) is 3.00. The fourth-order valence-electron chi connectivity index (χ4n) is 1.46. The van der Waals surface area contributed by atoms with E-state index in [9.17, 15) is 0 Å². The van der Waals surface area contributed by atoms with Crippen LogP contribution in [0.5, 0.6) is 0 Å². The van der Waals surface area contributed by atoms with Gasteiger partial charge in [0, 0.05) is 26.8 Å². The third-order valence-electron chi connectivity index (χ3n) is 2.26. The molecular weight excluding hydrogens is 245 g/mol. The van der Waals surface area contributed by atoms with Crippen LogP contribution in [0.1, 0.15) is 12.5 Å². The Bertz CT molecular complexity index is 331. The Morgan fingerprint density at radius 2 is 2.06 bits per heavy atom. The van der Waals surface area contributed by atoms with Crippen LogP contribution in [0.4, 0.5) is 0 Å². The van der Waals surface area contributed by atoms with E-state index in [-0.39, 0.29) is 0 Å². The maximum Gasteiger partial charge on any atom is 0.0595 e. The zero-order valence-electron chi connectivity index (χ0n) is 9.59. The molecule has 0 amide bonds. The zero-order valence-corrected chi connectivity index (χ0v) is 11.1. The van der Waals surface area contributed by atoms with Crippen molar-refractivity contribution in [2.75, 3.05) is 20.3 Å². The second kappa shape index (κ2) is 7.13. The summed E-state index contributed by atoms with van der Waals surface area (Å²) in [5.74, 6) is 0.507. The second-order valence-corrected chi connectivity index (χ2v) is 4.75. The normalized spacial score (nSPS) is 12.8. The Kier molecular flexibility index (Phi) is 6.14. The Hall–Kier alpha value is -0.280. The Morgan fingerprint density at radius 3 is 2.69 bits per heavy atom. The maximum absolute atomic E-state index is 5.93. The molecule has 16 heavy (non-hydrogen) atoms. The quantitative estimate of drug-likeness (QED) is 0.848. The van der Waals surface area contributed by atoms with Crippen LogP contribution in [-0.2, 0) is 11.3 Å². The molecule has 2 nitrogen and oxygen atoms in total. The first-order valence-electron chi connectivity index (χ1n) is 5.27. The minimum Gasteiger partial charge on any atom is -0.384 e. The second-order valence-electron chi connectivity index (χ2n) is 3.94. The lowest BCUT2D eigenvalue weighted by Gasteiger charge is -2.11. The molecule has 1 N–H and O–H groups in total. The van der Waals surface area contributed by atoms with Crippen LogP contribution in [0.3, 0.4) is 0 Å². The standard InChI is InChI=1S/C12H17Cl2NO/c1-9(8-16-2)6-15-7-10-3-4-11(13)12(14)5-10/h3-5,9,15H,6-8H2,1-2H3. The first-order chi connectivity index (χ1) is 7.63. The molecule has 0 aliphatic carbocycles. The summed E-state index contributed by atoms with van der Waals surface area (Å²) in [6.07, 6.45) is 0. The lowest BCUT2D eigenvalue weighted by atomic mass is 10.2. The van der Waals surface area contributed by atoms with Gasteiger partial charge >= 0.3 is 0 Å². The predicted molar refractivity (Wildman–Crippen MR) is 69.2 cm³/mol. The largest absolute Gasteiger partial charge is 0.384 e. The summed E-state index contributed by atoms with van der Waals surface area (Å²) >= 11 is 11.8. The Balaban J connectivity index is 2.34. The van der Waals surface area contributed by atoms with Crippen molar-refractivity contribution in [2.45, 2.75) is 13.5 Å². The van der Waals surface area contributed by atoms with Crippen LogP contribution in [0.25, 0.3) is 0 Å². The average Bonchev–Trinajstić information content (AvgIpc) is 2.24. The first-order valence-corrected chi connectivity index (χ1v) is 6.02. The van der Waals surface area contributed by atoms with Crippen LogP contribution in [-0.4, -0.2) is 20.3 Å². The van der Waals surface area contributed by atoms with E-state index in [1.54, 1.807) is 7.11 Å². The molecular formula is C12H17Cl2NO. The van der Waals surface area contributed by atoms with Crippen molar-refractivity contribution in [2.24, 2.45) is 5.92 Å². The topological polar surface area (TPSA) is 21.3 Å². The van der Waals surface area contributed by atoms with E-state index in [2.05, 4.69) is 12.2 Å². The molecule has 1 atom stereocenters. The van der Waals surface area contributed by atoms with E-state index in [0.29, 0.717) is 16.0 Å². The molecule has 4 heteroatoms. The van der Waals surface area contributed by atoms with Gasteiger partial charge in [0.05, 0.1) is 10.0 Å². The highest BCUT2D eigenvalue weighted by molar-refractivity contribution is 6.42. The summed E-state index contributed by atoms with van der Waals surface area (Å²) < 4.78 is 5.06. The summed E-state index contributed by atoms with van der Waals surface area (Å²) in [6, 6.07) is 5.68. The molecule has 0 radical (unpaired) electrons. The number of methoxy groups -OCH3 is 1. The lowest BCUT2D eigenvalue weighted by Crippen LogP contribution is -2.23. The van der Waals surface area contributed by atoms with E-state index in [0.717, 1.165) is 25.3 Å². The van der Waals surface area contributed by atoms with Gasteiger partial charge in [-0.3, -0.25) is 0 Å². The van der Waals surface area contributed by atoms with Crippen molar-refractivity contribution >= 4 is 23.2 Å². The molecule has 0 aliphatic rings. The van der Waals surface area contributed by atoms with Gasteiger partial charge in [0.1, 0.15) is 0 Å². The molecule has 0 saturated heterocycles. The van der Waals surface area contributed by atoms with Crippen molar-refractivity contribution < 1.29 is 4.74 Å². The number of hydrogen-bond acceptors (Lipinski definition) is 2. The Labute approximate surface area is 107 Å². The highest BCUT2D eigenvalue weighted by atomic mass is 35.5. The lowest BCUT2D eigenvalue weighted by molar-refractivity contribution is 0.158. The van der Waals surface area contributed by atoms with Crippen LogP contribution in [0.2, 0.25) is 10.0 Å². The SMILES string of the molecule is COCC(C)CNCc1ccc(Cl)c(Cl)c1. The van der Waals surface area contributed by atoms with Crippen molar-refractivity contribution in [3.05, 3.63) is 33.8 Å². The van der Waals surface area contributed by atoms with Crippen molar-refractivity contribution in [1.82, 2.24) is 5.32 Å². The number of hydrogen-bond donors (Lipinski definition) is 1. The fraction of sp³-hybridized carbons (Fsp3) is 0.500. The number of halogens is 2. The molecule has 90 valence electrons. The van der Waals surface area contributed by atoms with Gasteiger partial charge in [-0.15, -0.1) is 0 Å². The van der Waals surface area contributed by atoms with E-state index in [4.69, 9.17) is 27.9 Å². The molecule has 0 heterocycles. The molecule has 1 aromatic rings. The van der Waals surface area contributed by atoms with Gasteiger partial charge < -0.3 is 10.1 Å². The smallest absolute Gasteiger partial charge is 0.0595 e. The van der Waals surface area contributed by atoms with Gasteiger partial charge in [-0.05, 0) is 23.6 Å². The third kappa shape index (κ3) is 4.71.